The van der Waals surface area contributed by atoms with Crippen LogP contribution < -0.4 is 5.32 Å². The molecule has 0 aliphatic carbocycles. The highest BCUT2D eigenvalue weighted by atomic mass is 16.3. The zero-order valence-corrected chi connectivity index (χ0v) is 9.45. The largest absolute Gasteiger partial charge is 0.396 e. The average Bonchev–Trinajstić information content (AvgIpc) is 2.25. The van der Waals surface area contributed by atoms with Crippen molar-refractivity contribution in [1.29, 1.82) is 0 Å². The van der Waals surface area contributed by atoms with Crippen molar-refractivity contribution in [2.75, 3.05) is 13.2 Å². The number of aryl methyl sites for hydroxylation is 2. The van der Waals surface area contributed by atoms with Crippen LogP contribution in [0, 0.1) is 6.92 Å². The summed E-state index contributed by atoms with van der Waals surface area (Å²) in [6.45, 7) is 5.90. The molecule has 1 heterocycles. The van der Waals surface area contributed by atoms with Crippen LogP contribution >= 0.6 is 0 Å². The molecule has 2 N–H and O–H groups in total. The van der Waals surface area contributed by atoms with E-state index in [0.717, 1.165) is 37.3 Å². The van der Waals surface area contributed by atoms with E-state index in [1.807, 2.05) is 6.92 Å². The van der Waals surface area contributed by atoms with Crippen LogP contribution in [0.2, 0.25) is 0 Å². The Bertz CT molecular complexity index is 302. The highest BCUT2D eigenvalue weighted by Crippen LogP contribution is 2.06. The van der Waals surface area contributed by atoms with Crippen LogP contribution in [-0.2, 0) is 13.0 Å². The molecule has 0 aliphatic heterocycles. The fraction of sp³-hybridized carbons (Fsp3) is 0.636. The van der Waals surface area contributed by atoms with Crippen molar-refractivity contribution in [3.63, 3.8) is 0 Å². The maximum atomic E-state index is 8.65. The van der Waals surface area contributed by atoms with Gasteiger partial charge in [0.2, 0.25) is 0 Å². The summed E-state index contributed by atoms with van der Waals surface area (Å²) in [5, 5.41) is 20.1. The first-order valence-electron chi connectivity index (χ1n) is 5.41. The smallest absolute Gasteiger partial charge is 0.0673 e. The lowest BCUT2D eigenvalue weighted by Gasteiger charge is -2.08. The lowest BCUT2D eigenvalue weighted by Crippen LogP contribution is -2.17. The maximum absolute atomic E-state index is 8.65. The lowest BCUT2D eigenvalue weighted by atomic mass is 10.1. The molecule has 0 spiro atoms. The third-order valence-electron chi connectivity index (χ3n) is 2.24. The van der Waals surface area contributed by atoms with E-state index in [9.17, 15) is 0 Å². The van der Waals surface area contributed by atoms with Crippen molar-refractivity contribution in [3.05, 3.63) is 23.0 Å². The molecule has 0 unspecified atom stereocenters. The van der Waals surface area contributed by atoms with Crippen molar-refractivity contribution in [2.45, 2.75) is 33.2 Å². The van der Waals surface area contributed by atoms with E-state index in [0.29, 0.717) is 0 Å². The van der Waals surface area contributed by atoms with Gasteiger partial charge in [0.05, 0.1) is 11.4 Å². The molecule has 0 radical (unpaired) electrons. The van der Waals surface area contributed by atoms with E-state index in [-0.39, 0.29) is 6.61 Å². The van der Waals surface area contributed by atoms with E-state index in [2.05, 4.69) is 28.5 Å². The molecule has 1 rings (SSSR count). The normalized spacial score (nSPS) is 10.6. The minimum Gasteiger partial charge on any atom is -0.396 e. The predicted molar refractivity (Wildman–Crippen MR) is 59.6 cm³/mol. The summed E-state index contributed by atoms with van der Waals surface area (Å²) in [6.07, 6.45) is 1.70. The Balaban J connectivity index is 2.54. The molecular weight excluding hydrogens is 190 g/mol. The second kappa shape index (κ2) is 6.48. The monoisotopic (exact) mass is 209 g/mol. The number of rotatable bonds is 6. The number of aliphatic hydroxyl groups excluding tert-OH is 1. The van der Waals surface area contributed by atoms with Crippen LogP contribution in [0.5, 0.6) is 0 Å². The third kappa shape index (κ3) is 3.93. The maximum Gasteiger partial charge on any atom is 0.0673 e. The van der Waals surface area contributed by atoms with Gasteiger partial charge in [0.25, 0.3) is 0 Å². The Morgan fingerprint density at radius 2 is 2.20 bits per heavy atom. The number of nitrogens with zero attached hydrogens (tertiary/aromatic N) is 2. The standard InChI is InChI=1S/C11H19N3O/c1-3-11-10(7-9(2)13-14-11)8-12-5-4-6-15/h7,12,15H,3-6,8H2,1-2H3. The first kappa shape index (κ1) is 12.1. The van der Waals surface area contributed by atoms with E-state index < -0.39 is 0 Å². The van der Waals surface area contributed by atoms with Crippen LogP contribution in [0.25, 0.3) is 0 Å². The molecule has 4 heteroatoms. The summed E-state index contributed by atoms with van der Waals surface area (Å²) < 4.78 is 0. The number of hydrogen-bond acceptors (Lipinski definition) is 4. The van der Waals surface area contributed by atoms with Crippen LogP contribution in [0.1, 0.15) is 30.3 Å². The van der Waals surface area contributed by atoms with Crippen LogP contribution in [0.15, 0.2) is 6.07 Å². The number of nitrogens with one attached hydrogen (secondary N) is 1. The molecule has 0 fully saturated rings. The highest BCUT2D eigenvalue weighted by molar-refractivity contribution is 5.20. The Morgan fingerprint density at radius 3 is 2.87 bits per heavy atom. The quantitative estimate of drug-likeness (QED) is 0.681. The zero-order chi connectivity index (χ0) is 11.1. The predicted octanol–water partition coefficient (Wildman–Crippen LogP) is 0.819. The third-order valence-corrected chi connectivity index (χ3v) is 2.24. The first-order valence-corrected chi connectivity index (χ1v) is 5.41. The van der Waals surface area contributed by atoms with Gasteiger partial charge in [-0.2, -0.15) is 10.2 Å². The number of aromatic nitrogens is 2. The molecule has 0 bridgehead atoms. The highest BCUT2D eigenvalue weighted by Gasteiger charge is 2.03. The summed E-state index contributed by atoms with van der Waals surface area (Å²) in [7, 11) is 0. The van der Waals surface area contributed by atoms with Crippen molar-refractivity contribution >= 4 is 0 Å². The van der Waals surface area contributed by atoms with Gasteiger partial charge in [-0.3, -0.25) is 0 Å². The van der Waals surface area contributed by atoms with Crippen LogP contribution in [-0.4, -0.2) is 28.5 Å². The molecule has 4 nitrogen and oxygen atoms in total. The van der Waals surface area contributed by atoms with Crippen LogP contribution in [0.4, 0.5) is 0 Å². The molecular formula is C11H19N3O. The molecule has 0 amide bonds. The van der Waals surface area contributed by atoms with Gasteiger partial charge in [-0.15, -0.1) is 0 Å². The van der Waals surface area contributed by atoms with Crippen molar-refractivity contribution in [2.24, 2.45) is 0 Å². The molecule has 1 aromatic heterocycles. The first-order chi connectivity index (χ1) is 7.27. The fourth-order valence-electron chi connectivity index (χ4n) is 1.45. The summed E-state index contributed by atoms with van der Waals surface area (Å²) in [5.41, 5.74) is 3.21. The van der Waals surface area contributed by atoms with Gasteiger partial charge >= 0.3 is 0 Å². The molecule has 0 saturated carbocycles. The van der Waals surface area contributed by atoms with Crippen molar-refractivity contribution in [3.8, 4) is 0 Å². The molecule has 0 atom stereocenters. The SMILES string of the molecule is CCc1nnc(C)cc1CNCCCO. The second-order valence-corrected chi connectivity index (χ2v) is 3.57. The molecule has 0 aromatic carbocycles. The van der Waals surface area contributed by atoms with Gasteiger partial charge in [0.15, 0.2) is 0 Å². The van der Waals surface area contributed by atoms with Gasteiger partial charge in [-0.05, 0) is 37.9 Å². The molecule has 0 saturated heterocycles. The van der Waals surface area contributed by atoms with E-state index >= 15 is 0 Å². The van der Waals surface area contributed by atoms with E-state index in [1.54, 1.807) is 0 Å². The Hall–Kier alpha value is -1.00. The fourth-order valence-corrected chi connectivity index (χ4v) is 1.45. The van der Waals surface area contributed by atoms with E-state index in [1.165, 1.54) is 5.56 Å². The van der Waals surface area contributed by atoms with Crippen molar-refractivity contribution in [1.82, 2.24) is 15.5 Å². The minimum absolute atomic E-state index is 0.237. The average molecular weight is 209 g/mol. The lowest BCUT2D eigenvalue weighted by molar-refractivity contribution is 0.286. The van der Waals surface area contributed by atoms with Crippen molar-refractivity contribution < 1.29 is 5.11 Å². The summed E-state index contributed by atoms with van der Waals surface area (Å²) in [5.74, 6) is 0. The van der Waals surface area contributed by atoms with Gasteiger partial charge in [0.1, 0.15) is 0 Å². The Kier molecular flexibility index (Phi) is 5.21. The van der Waals surface area contributed by atoms with E-state index in [4.69, 9.17) is 5.11 Å². The van der Waals surface area contributed by atoms with Gasteiger partial charge < -0.3 is 10.4 Å². The number of aliphatic hydroxyl groups is 1. The Labute approximate surface area is 90.7 Å². The topological polar surface area (TPSA) is 58.0 Å². The minimum atomic E-state index is 0.237. The Morgan fingerprint density at radius 1 is 1.40 bits per heavy atom. The number of hydrogen-bond donors (Lipinski definition) is 2. The molecule has 1 aromatic rings. The summed E-state index contributed by atoms with van der Waals surface area (Å²) in [4.78, 5) is 0. The van der Waals surface area contributed by atoms with Gasteiger partial charge in [-0.25, -0.2) is 0 Å². The summed E-state index contributed by atoms with van der Waals surface area (Å²) in [6, 6.07) is 2.07. The summed E-state index contributed by atoms with van der Waals surface area (Å²) >= 11 is 0. The molecule has 15 heavy (non-hydrogen) atoms. The van der Waals surface area contributed by atoms with Gasteiger partial charge in [-0.1, -0.05) is 6.92 Å². The zero-order valence-electron chi connectivity index (χ0n) is 9.45. The van der Waals surface area contributed by atoms with Crippen LogP contribution in [0.3, 0.4) is 0 Å². The van der Waals surface area contributed by atoms with Gasteiger partial charge in [0, 0.05) is 13.2 Å². The molecule has 0 aliphatic rings. The second-order valence-electron chi connectivity index (χ2n) is 3.57. The molecule has 84 valence electrons.